The lowest BCUT2D eigenvalue weighted by atomic mass is 10.0. The fourth-order valence-electron chi connectivity index (χ4n) is 3.02. The summed E-state index contributed by atoms with van der Waals surface area (Å²) in [5.74, 6) is -0.0972. The summed E-state index contributed by atoms with van der Waals surface area (Å²) < 4.78 is 5.42. The zero-order valence-corrected chi connectivity index (χ0v) is 11.0. The van der Waals surface area contributed by atoms with Crippen LogP contribution in [0.1, 0.15) is 30.5 Å². The van der Waals surface area contributed by atoms with Gasteiger partial charge in [-0.15, -0.1) is 0 Å². The molecule has 1 saturated heterocycles. The number of benzene rings is 1. The van der Waals surface area contributed by atoms with Crippen LogP contribution < -0.4 is 5.32 Å². The Hall–Kier alpha value is -1.39. The molecule has 1 aliphatic heterocycles. The first-order valence-electron chi connectivity index (χ1n) is 6.83. The van der Waals surface area contributed by atoms with Gasteiger partial charge in [-0.05, 0) is 24.5 Å². The molecule has 1 amide bonds. The van der Waals surface area contributed by atoms with Crippen molar-refractivity contribution in [3.05, 3.63) is 35.4 Å². The third-order valence-corrected chi connectivity index (χ3v) is 4.07. The standard InChI is InChI=1S/C15H19NO3/c1-9-6-11(8-19-9)15(18)16-14-12-5-3-2-4-10(12)7-13(14)17/h2-5,9,11,13-14,17H,6-8H2,1H3,(H,16,18)/t9?,11?,13-,14+/m1/s1. The molecule has 1 fully saturated rings. The molecule has 1 aliphatic carbocycles. The summed E-state index contributed by atoms with van der Waals surface area (Å²) in [7, 11) is 0. The van der Waals surface area contributed by atoms with Crippen molar-refractivity contribution in [1.29, 1.82) is 0 Å². The summed E-state index contributed by atoms with van der Waals surface area (Å²) in [5, 5.41) is 13.1. The average Bonchev–Trinajstić information content (AvgIpc) is 2.95. The maximum Gasteiger partial charge on any atom is 0.226 e. The first kappa shape index (κ1) is 12.6. The summed E-state index contributed by atoms with van der Waals surface area (Å²) in [5.41, 5.74) is 2.16. The summed E-state index contributed by atoms with van der Waals surface area (Å²) in [6.45, 7) is 2.46. The molecular formula is C15H19NO3. The van der Waals surface area contributed by atoms with Gasteiger partial charge in [-0.2, -0.15) is 0 Å². The number of rotatable bonds is 2. The highest BCUT2D eigenvalue weighted by Gasteiger charge is 2.35. The van der Waals surface area contributed by atoms with E-state index in [9.17, 15) is 9.90 Å². The van der Waals surface area contributed by atoms with Gasteiger partial charge in [-0.25, -0.2) is 0 Å². The second-order valence-electron chi connectivity index (χ2n) is 5.53. The first-order valence-corrected chi connectivity index (χ1v) is 6.83. The van der Waals surface area contributed by atoms with E-state index in [0.717, 1.165) is 17.5 Å². The summed E-state index contributed by atoms with van der Waals surface area (Å²) >= 11 is 0. The Morgan fingerprint density at radius 2 is 2.21 bits per heavy atom. The monoisotopic (exact) mass is 261 g/mol. The molecular weight excluding hydrogens is 242 g/mol. The topological polar surface area (TPSA) is 58.6 Å². The fraction of sp³-hybridized carbons (Fsp3) is 0.533. The van der Waals surface area contributed by atoms with E-state index in [2.05, 4.69) is 5.32 Å². The minimum absolute atomic E-state index is 0.00916. The van der Waals surface area contributed by atoms with Gasteiger partial charge in [0.1, 0.15) is 0 Å². The number of hydrogen-bond acceptors (Lipinski definition) is 3. The van der Waals surface area contributed by atoms with Crippen LogP contribution in [0, 0.1) is 5.92 Å². The minimum Gasteiger partial charge on any atom is -0.390 e. The average molecular weight is 261 g/mol. The van der Waals surface area contributed by atoms with E-state index in [1.54, 1.807) is 0 Å². The van der Waals surface area contributed by atoms with E-state index in [-0.39, 0.29) is 24.0 Å². The lowest BCUT2D eigenvalue weighted by Gasteiger charge is -2.19. The molecule has 102 valence electrons. The van der Waals surface area contributed by atoms with Crippen molar-refractivity contribution in [2.75, 3.05) is 6.61 Å². The molecule has 1 aromatic carbocycles. The predicted octanol–water partition coefficient (Wildman–Crippen LogP) is 1.19. The summed E-state index contributed by atoms with van der Waals surface area (Å²) in [4.78, 5) is 12.2. The Morgan fingerprint density at radius 1 is 1.42 bits per heavy atom. The maximum absolute atomic E-state index is 12.2. The summed E-state index contributed by atoms with van der Waals surface area (Å²) in [6.07, 6.45) is 0.993. The van der Waals surface area contributed by atoms with E-state index < -0.39 is 6.10 Å². The van der Waals surface area contributed by atoms with Crippen LogP contribution in [0.3, 0.4) is 0 Å². The zero-order valence-electron chi connectivity index (χ0n) is 11.0. The number of aliphatic hydroxyl groups excluding tert-OH is 1. The Bertz CT molecular complexity index is 488. The lowest BCUT2D eigenvalue weighted by molar-refractivity contribution is -0.126. The van der Waals surface area contributed by atoms with Crippen molar-refractivity contribution in [3.63, 3.8) is 0 Å². The van der Waals surface area contributed by atoms with Gasteiger partial charge in [0, 0.05) is 6.42 Å². The minimum atomic E-state index is -0.527. The van der Waals surface area contributed by atoms with Gasteiger partial charge in [-0.1, -0.05) is 24.3 Å². The fourth-order valence-corrected chi connectivity index (χ4v) is 3.02. The third kappa shape index (κ3) is 2.38. The number of carbonyl (C=O) groups is 1. The lowest BCUT2D eigenvalue weighted by Crippen LogP contribution is -2.38. The highest BCUT2D eigenvalue weighted by Crippen LogP contribution is 2.32. The normalized spacial score (nSPS) is 33.2. The van der Waals surface area contributed by atoms with Gasteiger partial charge >= 0.3 is 0 Å². The van der Waals surface area contributed by atoms with Crippen molar-refractivity contribution in [3.8, 4) is 0 Å². The third-order valence-electron chi connectivity index (χ3n) is 4.07. The van der Waals surface area contributed by atoms with Crippen molar-refractivity contribution in [2.45, 2.75) is 38.0 Å². The van der Waals surface area contributed by atoms with Crippen LogP contribution in [0.15, 0.2) is 24.3 Å². The molecule has 19 heavy (non-hydrogen) atoms. The van der Waals surface area contributed by atoms with Gasteiger partial charge in [0.25, 0.3) is 0 Å². The van der Waals surface area contributed by atoms with Crippen molar-refractivity contribution >= 4 is 5.91 Å². The van der Waals surface area contributed by atoms with Crippen molar-refractivity contribution in [2.24, 2.45) is 5.92 Å². The molecule has 3 rings (SSSR count). The van der Waals surface area contributed by atoms with Gasteiger partial charge < -0.3 is 15.2 Å². The molecule has 0 bridgehead atoms. The van der Waals surface area contributed by atoms with E-state index >= 15 is 0 Å². The molecule has 1 aromatic rings. The molecule has 1 heterocycles. The highest BCUT2D eigenvalue weighted by atomic mass is 16.5. The quantitative estimate of drug-likeness (QED) is 0.840. The number of hydrogen-bond donors (Lipinski definition) is 2. The van der Waals surface area contributed by atoms with E-state index in [1.807, 2.05) is 31.2 Å². The second kappa shape index (κ2) is 4.94. The van der Waals surface area contributed by atoms with E-state index in [1.165, 1.54) is 0 Å². The molecule has 0 spiro atoms. The van der Waals surface area contributed by atoms with Gasteiger partial charge in [0.2, 0.25) is 5.91 Å². The number of ether oxygens (including phenoxy) is 1. The SMILES string of the molecule is CC1CC(C(=O)N[C@H]2c3ccccc3C[C@H]2O)CO1. The van der Waals surface area contributed by atoms with Gasteiger partial charge in [0.15, 0.2) is 0 Å². The largest absolute Gasteiger partial charge is 0.390 e. The van der Waals surface area contributed by atoms with Gasteiger partial charge in [0.05, 0.1) is 30.8 Å². The zero-order chi connectivity index (χ0) is 13.4. The van der Waals surface area contributed by atoms with Crippen LogP contribution in [0.25, 0.3) is 0 Å². The Labute approximate surface area is 112 Å². The van der Waals surface area contributed by atoms with Crippen LogP contribution in [0.5, 0.6) is 0 Å². The smallest absolute Gasteiger partial charge is 0.226 e. The molecule has 0 saturated carbocycles. The number of amides is 1. The number of aliphatic hydroxyl groups is 1. The van der Waals surface area contributed by atoms with Gasteiger partial charge in [-0.3, -0.25) is 4.79 Å². The first-order chi connectivity index (χ1) is 9.15. The molecule has 2 unspecified atom stereocenters. The van der Waals surface area contributed by atoms with Crippen LogP contribution in [-0.4, -0.2) is 29.8 Å². The molecule has 4 atom stereocenters. The van der Waals surface area contributed by atoms with E-state index in [0.29, 0.717) is 13.0 Å². The number of fused-ring (bicyclic) bond motifs is 1. The second-order valence-corrected chi connectivity index (χ2v) is 5.53. The number of nitrogens with one attached hydrogen (secondary N) is 1. The molecule has 0 aromatic heterocycles. The van der Waals surface area contributed by atoms with Crippen molar-refractivity contribution in [1.82, 2.24) is 5.32 Å². The maximum atomic E-state index is 12.2. The van der Waals surface area contributed by atoms with Crippen LogP contribution in [-0.2, 0) is 16.0 Å². The van der Waals surface area contributed by atoms with Crippen molar-refractivity contribution < 1.29 is 14.6 Å². The summed E-state index contributed by atoms with van der Waals surface area (Å²) in [6, 6.07) is 7.61. The molecule has 4 nitrogen and oxygen atoms in total. The Morgan fingerprint density at radius 3 is 2.95 bits per heavy atom. The van der Waals surface area contributed by atoms with E-state index in [4.69, 9.17) is 4.74 Å². The number of carbonyl (C=O) groups excluding carboxylic acids is 1. The molecule has 2 N–H and O–H groups in total. The van der Waals surface area contributed by atoms with Crippen LogP contribution >= 0.6 is 0 Å². The Balaban J connectivity index is 1.71. The van der Waals surface area contributed by atoms with Crippen LogP contribution in [0.4, 0.5) is 0 Å². The molecule has 4 heteroatoms. The molecule has 0 radical (unpaired) electrons. The molecule has 2 aliphatic rings. The Kier molecular flexibility index (Phi) is 3.29. The predicted molar refractivity (Wildman–Crippen MR) is 70.6 cm³/mol. The highest BCUT2D eigenvalue weighted by molar-refractivity contribution is 5.79. The van der Waals surface area contributed by atoms with Crippen LogP contribution in [0.2, 0.25) is 0 Å².